The Morgan fingerprint density at radius 3 is 3.00 bits per heavy atom. The number of carbonyl (C=O) groups excluding carboxylic acids is 1. The van der Waals surface area contributed by atoms with Gasteiger partial charge in [0.25, 0.3) is 0 Å². The molecule has 0 radical (unpaired) electrons. The summed E-state index contributed by atoms with van der Waals surface area (Å²) < 4.78 is 19.0. The number of hydrogen-bond donors (Lipinski definition) is 0. The highest BCUT2D eigenvalue weighted by molar-refractivity contribution is 5.55. The molecule has 1 aliphatic rings. The van der Waals surface area contributed by atoms with E-state index in [1.807, 2.05) is 18.2 Å². The van der Waals surface area contributed by atoms with Crippen molar-refractivity contribution in [3.8, 4) is 5.75 Å². The van der Waals surface area contributed by atoms with Gasteiger partial charge in [0.05, 0.1) is 6.61 Å². The van der Waals surface area contributed by atoms with Gasteiger partial charge in [0, 0.05) is 12.3 Å². The van der Waals surface area contributed by atoms with Crippen molar-refractivity contribution in [2.24, 2.45) is 5.92 Å². The summed E-state index contributed by atoms with van der Waals surface area (Å²) in [7, 11) is 0. The molecule has 0 aliphatic heterocycles. The van der Waals surface area contributed by atoms with Crippen molar-refractivity contribution in [1.29, 1.82) is 0 Å². The average molecular weight is 246 g/mol. The molecule has 0 saturated heterocycles. The fourth-order valence-electron chi connectivity index (χ4n) is 1.83. The third-order valence-electron chi connectivity index (χ3n) is 2.84. The van der Waals surface area contributed by atoms with Gasteiger partial charge in [-0.05, 0) is 24.1 Å². The zero-order chi connectivity index (χ0) is 12.8. The third-order valence-corrected chi connectivity index (χ3v) is 2.84. The molecule has 3 heteroatoms. The van der Waals surface area contributed by atoms with Crippen LogP contribution in [0.25, 0.3) is 0 Å². The van der Waals surface area contributed by atoms with E-state index in [2.05, 4.69) is 6.08 Å². The van der Waals surface area contributed by atoms with Crippen LogP contribution in [0.15, 0.2) is 42.5 Å². The number of rotatable bonds is 5. The lowest BCUT2D eigenvalue weighted by Gasteiger charge is -2.15. The van der Waals surface area contributed by atoms with Crippen LogP contribution in [0, 0.1) is 11.7 Å². The van der Waals surface area contributed by atoms with Crippen LogP contribution in [-0.2, 0) is 11.2 Å². The molecular weight excluding hydrogens is 231 g/mol. The van der Waals surface area contributed by atoms with E-state index in [1.54, 1.807) is 12.1 Å². The van der Waals surface area contributed by atoms with Crippen molar-refractivity contribution in [2.75, 3.05) is 6.61 Å². The standard InChI is InChI=1S/C15H15FO2/c16-14-7-6-12(8-9-17)10-15(14)18-11-13-4-2-1-3-5-13/h1-4,6-7,9-10,13H,5,8,11H2. The van der Waals surface area contributed by atoms with Crippen molar-refractivity contribution in [1.82, 2.24) is 0 Å². The molecule has 1 atom stereocenters. The van der Waals surface area contributed by atoms with E-state index >= 15 is 0 Å². The quantitative estimate of drug-likeness (QED) is 0.746. The second-order valence-electron chi connectivity index (χ2n) is 4.26. The third kappa shape index (κ3) is 3.29. The zero-order valence-corrected chi connectivity index (χ0v) is 10.0. The summed E-state index contributed by atoms with van der Waals surface area (Å²) >= 11 is 0. The van der Waals surface area contributed by atoms with Gasteiger partial charge in [0.2, 0.25) is 0 Å². The van der Waals surface area contributed by atoms with Gasteiger partial charge in [-0.2, -0.15) is 0 Å². The summed E-state index contributed by atoms with van der Waals surface area (Å²) in [5.41, 5.74) is 0.764. The fraction of sp³-hybridized carbons (Fsp3) is 0.267. The van der Waals surface area contributed by atoms with E-state index in [4.69, 9.17) is 4.74 Å². The Hall–Kier alpha value is -1.90. The predicted molar refractivity (Wildman–Crippen MR) is 68.1 cm³/mol. The van der Waals surface area contributed by atoms with Gasteiger partial charge in [-0.3, -0.25) is 0 Å². The summed E-state index contributed by atoms with van der Waals surface area (Å²) in [6, 6.07) is 4.52. The Morgan fingerprint density at radius 1 is 1.39 bits per heavy atom. The molecule has 0 bridgehead atoms. The van der Waals surface area contributed by atoms with Crippen LogP contribution in [0.5, 0.6) is 5.75 Å². The van der Waals surface area contributed by atoms with Gasteiger partial charge < -0.3 is 9.53 Å². The van der Waals surface area contributed by atoms with Crippen LogP contribution < -0.4 is 4.74 Å². The Kier molecular flexibility index (Phi) is 4.29. The van der Waals surface area contributed by atoms with Gasteiger partial charge in [0.1, 0.15) is 6.29 Å². The second kappa shape index (κ2) is 6.15. The number of halogens is 1. The lowest BCUT2D eigenvalue weighted by Crippen LogP contribution is -2.11. The van der Waals surface area contributed by atoms with Crippen LogP contribution in [0.3, 0.4) is 0 Å². The summed E-state index contributed by atoms with van der Waals surface area (Å²) in [5, 5.41) is 0. The van der Waals surface area contributed by atoms with Crippen molar-refractivity contribution >= 4 is 6.29 Å². The van der Waals surface area contributed by atoms with Crippen molar-refractivity contribution in [2.45, 2.75) is 12.8 Å². The van der Waals surface area contributed by atoms with Gasteiger partial charge in [-0.25, -0.2) is 4.39 Å². The first-order valence-corrected chi connectivity index (χ1v) is 5.98. The smallest absolute Gasteiger partial charge is 0.165 e. The van der Waals surface area contributed by atoms with Crippen molar-refractivity contribution < 1.29 is 13.9 Å². The molecule has 1 unspecified atom stereocenters. The molecule has 1 aromatic rings. The predicted octanol–water partition coefficient (Wildman–Crippen LogP) is 3.08. The summed E-state index contributed by atoms with van der Waals surface area (Å²) in [5.74, 6) is 0.112. The number of allylic oxidation sites excluding steroid dienone is 3. The van der Waals surface area contributed by atoms with E-state index in [0.29, 0.717) is 6.61 Å². The molecule has 1 aliphatic carbocycles. The Balaban J connectivity index is 1.99. The van der Waals surface area contributed by atoms with E-state index in [9.17, 15) is 9.18 Å². The van der Waals surface area contributed by atoms with Gasteiger partial charge >= 0.3 is 0 Å². The molecule has 1 aromatic carbocycles. The molecular formula is C15H15FO2. The van der Waals surface area contributed by atoms with Crippen molar-refractivity contribution in [3.05, 3.63) is 53.9 Å². The zero-order valence-electron chi connectivity index (χ0n) is 10.0. The molecule has 0 aromatic heterocycles. The highest BCUT2D eigenvalue weighted by atomic mass is 19.1. The van der Waals surface area contributed by atoms with E-state index in [-0.39, 0.29) is 23.9 Å². The normalized spacial score (nSPS) is 17.7. The second-order valence-corrected chi connectivity index (χ2v) is 4.26. The molecule has 0 fully saturated rings. The van der Waals surface area contributed by atoms with Gasteiger partial charge in [0.15, 0.2) is 11.6 Å². The molecule has 2 nitrogen and oxygen atoms in total. The maximum atomic E-state index is 13.5. The number of carbonyl (C=O) groups is 1. The molecule has 0 amide bonds. The first-order valence-electron chi connectivity index (χ1n) is 5.98. The molecule has 0 N–H and O–H groups in total. The molecule has 18 heavy (non-hydrogen) atoms. The molecule has 94 valence electrons. The first-order chi connectivity index (χ1) is 8.79. The number of aldehydes is 1. The SMILES string of the molecule is O=CCc1ccc(F)c(OCC2C=CC=CC2)c1. The monoisotopic (exact) mass is 246 g/mol. The lowest BCUT2D eigenvalue weighted by atomic mass is 10.0. The highest BCUT2D eigenvalue weighted by Gasteiger charge is 2.09. The van der Waals surface area contributed by atoms with Crippen LogP contribution in [0.2, 0.25) is 0 Å². The maximum absolute atomic E-state index is 13.5. The minimum absolute atomic E-state index is 0.220. The topological polar surface area (TPSA) is 26.3 Å². The largest absolute Gasteiger partial charge is 0.490 e. The minimum Gasteiger partial charge on any atom is -0.490 e. The Bertz CT molecular complexity index is 477. The number of hydrogen-bond acceptors (Lipinski definition) is 2. The van der Waals surface area contributed by atoms with E-state index in [1.165, 1.54) is 6.07 Å². The summed E-state index contributed by atoms with van der Waals surface area (Å²) in [6.07, 6.45) is 10.1. The lowest BCUT2D eigenvalue weighted by molar-refractivity contribution is -0.107. The van der Waals surface area contributed by atoms with Crippen molar-refractivity contribution in [3.63, 3.8) is 0 Å². The molecule has 0 saturated carbocycles. The molecule has 2 rings (SSSR count). The summed E-state index contributed by atoms with van der Waals surface area (Å²) in [6.45, 7) is 0.447. The molecule has 0 heterocycles. The van der Waals surface area contributed by atoms with Crippen LogP contribution in [0.4, 0.5) is 4.39 Å². The van der Waals surface area contributed by atoms with Crippen LogP contribution in [0.1, 0.15) is 12.0 Å². The molecule has 0 spiro atoms. The van der Waals surface area contributed by atoms with E-state index in [0.717, 1.165) is 18.3 Å². The Labute approximate surface area is 106 Å². The highest BCUT2D eigenvalue weighted by Crippen LogP contribution is 2.21. The Morgan fingerprint density at radius 2 is 2.28 bits per heavy atom. The van der Waals surface area contributed by atoms with Gasteiger partial charge in [-0.1, -0.05) is 30.4 Å². The number of ether oxygens (including phenoxy) is 1. The first kappa shape index (κ1) is 12.6. The van der Waals surface area contributed by atoms with Gasteiger partial charge in [-0.15, -0.1) is 0 Å². The maximum Gasteiger partial charge on any atom is 0.165 e. The van der Waals surface area contributed by atoms with Crippen LogP contribution >= 0.6 is 0 Å². The summed E-state index contributed by atoms with van der Waals surface area (Å²) in [4.78, 5) is 10.4. The average Bonchev–Trinajstić information content (AvgIpc) is 2.41. The van der Waals surface area contributed by atoms with E-state index < -0.39 is 0 Å². The fourth-order valence-corrected chi connectivity index (χ4v) is 1.83. The number of benzene rings is 1. The van der Waals surface area contributed by atoms with Crippen LogP contribution in [-0.4, -0.2) is 12.9 Å². The minimum atomic E-state index is -0.389.